The van der Waals surface area contributed by atoms with Crippen LogP contribution in [0.25, 0.3) is 11.3 Å². The van der Waals surface area contributed by atoms with E-state index in [2.05, 4.69) is 10.9 Å². The zero-order chi connectivity index (χ0) is 16.9. The lowest BCUT2D eigenvalue weighted by Crippen LogP contribution is -2.44. The second kappa shape index (κ2) is 7.29. The third-order valence-electron chi connectivity index (χ3n) is 4.23. The molecule has 24 heavy (non-hydrogen) atoms. The molecule has 2 amide bonds. The summed E-state index contributed by atoms with van der Waals surface area (Å²) in [5.74, 6) is -0.517. The van der Waals surface area contributed by atoms with Gasteiger partial charge in [-0.25, -0.2) is 4.39 Å². The molecule has 1 heterocycles. The largest absolute Gasteiger partial charge is 0.451 e. The van der Waals surface area contributed by atoms with E-state index in [9.17, 15) is 14.0 Å². The topological polar surface area (TPSA) is 71.3 Å². The van der Waals surface area contributed by atoms with Gasteiger partial charge in [0.1, 0.15) is 11.6 Å². The number of benzene rings is 1. The van der Waals surface area contributed by atoms with E-state index in [4.69, 9.17) is 4.42 Å². The van der Waals surface area contributed by atoms with E-state index in [1.54, 1.807) is 18.2 Å². The number of furan rings is 1. The minimum Gasteiger partial charge on any atom is -0.451 e. The highest BCUT2D eigenvalue weighted by Crippen LogP contribution is 2.24. The quantitative estimate of drug-likeness (QED) is 0.847. The van der Waals surface area contributed by atoms with Crippen molar-refractivity contribution >= 4 is 11.8 Å². The molecular weight excluding hydrogens is 311 g/mol. The van der Waals surface area contributed by atoms with Crippen LogP contribution in [-0.2, 0) is 4.79 Å². The average Bonchev–Trinajstić information content (AvgIpc) is 3.11. The first-order chi connectivity index (χ1) is 11.6. The maximum atomic E-state index is 12.9. The molecule has 0 bridgehead atoms. The summed E-state index contributed by atoms with van der Waals surface area (Å²) in [6, 6.07) is 8.93. The number of hydrogen-bond donors (Lipinski definition) is 2. The molecule has 0 aliphatic heterocycles. The van der Waals surface area contributed by atoms with Crippen molar-refractivity contribution in [2.75, 3.05) is 0 Å². The Morgan fingerprint density at radius 2 is 1.67 bits per heavy atom. The summed E-state index contributed by atoms with van der Waals surface area (Å²) in [4.78, 5) is 24.1. The lowest BCUT2D eigenvalue weighted by molar-refractivity contribution is -0.126. The molecule has 0 atom stereocenters. The molecule has 1 aromatic heterocycles. The van der Waals surface area contributed by atoms with Gasteiger partial charge in [-0.1, -0.05) is 19.3 Å². The fraction of sp³-hybridized carbons (Fsp3) is 0.333. The maximum absolute atomic E-state index is 12.9. The molecule has 6 heteroatoms. The summed E-state index contributed by atoms with van der Waals surface area (Å²) in [5, 5.41) is 0. The van der Waals surface area contributed by atoms with Crippen LogP contribution in [0.1, 0.15) is 42.7 Å². The van der Waals surface area contributed by atoms with Gasteiger partial charge in [-0.3, -0.25) is 20.4 Å². The van der Waals surface area contributed by atoms with Gasteiger partial charge in [0.15, 0.2) is 5.76 Å². The summed E-state index contributed by atoms with van der Waals surface area (Å²) in [6.07, 6.45) is 4.97. The molecule has 2 N–H and O–H groups in total. The highest BCUT2D eigenvalue weighted by molar-refractivity contribution is 5.93. The standard InChI is InChI=1S/C18H19FN2O3/c19-14-8-6-12(7-9-14)15-10-11-16(24-15)18(23)21-20-17(22)13-4-2-1-3-5-13/h6-11,13H,1-5H2,(H,20,22)(H,21,23). The Bertz CT molecular complexity index is 718. The van der Waals surface area contributed by atoms with Gasteiger partial charge in [-0.15, -0.1) is 0 Å². The van der Waals surface area contributed by atoms with Crippen molar-refractivity contribution < 1.29 is 18.4 Å². The lowest BCUT2D eigenvalue weighted by atomic mass is 9.89. The van der Waals surface area contributed by atoms with Crippen LogP contribution in [0, 0.1) is 11.7 Å². The number of carbonyl (C=O) groups is 2. The molecule has 1 aromatic carbocycles. The molecule has 1 fully saturated rings. The van der Waals surface area contributed by atoms with Gasteiger partial charge in [0.05, 0.1) is 0 Å². The first kappa shape index (κ1) is 16.2. The van der Waals surface area contributed by atoms with Gasteiger partial charge >= 0.3 is 5.91 Å². The molecule has 3 rings (SSSR count). The van der Waals surface area contributed by atoms with Crippen LogP contribution in [0.5, 0.6) is 0 Å². The third kappa shape index (κ3) is 3.82. The van der Waals surface area contributed by atoms with Gasteiger partial charge in [-0.2, -0.15) is 0 Å². The van der Waals surface area contributed by atoms with E-state index in [-0.39, 0.29) is 23.4 Å². The number of nitrogens with one attached hydrogen (secondary N) is 2. The van der Waals surface area contributed by atoms with Crippen LogP contribution >= 0.6 is 0 Å². The van der Waals surface area contributed by atoms with E-state index in [0.29, 0.717) is 11.3 Å². The van der Waals surface area contributed by atoms with Crippen LogP contribution in [0.4, 0.5) is 4.39 Å². The Morgan fingerprint density at radius 1 is 0.958 bits per heavy atom. The van der Waals surface area contributed by atoms with Gasteiger partial charge in [0.25, 0.3) is 0 Å². The number of rotatable bonds is 3. The second-order valence-electron chi connectivity index (χ2n) is 5.95. The first-order valence-corrected chi connectivity index (χ1v) is 8.09. The number of amides is 2. The molecule has 0 spiro atoms. The van der Waals surface area contributed by atoms with Crippen molar-refractivity contribution in [1.29, 1.82) is 0 Å². The smallest absolute Gasteiger partial charge is 0.305 e. The molecule has 1 aliphatic rings. The molecule has 2 aromatic rings. The summed E-state index contributed by atoms with van der Waals surface area (Å²) in [6.45, 7) is 0. The summed E-state index contributed by atoms with van der Waals surface area (Å²) in [7, 11) is 0. The molecule has 0 saturated heterocycles. The zero-order valence-corrected chi connectivity index (χ0v) is 13.2. The van der Waals surface area contributed by atoms with Crippen molar-refractivity contribution in [2.24, 2.45) is 5.92 Å². The molecule has 5 nitrogen and oxygen atoms in total. The molecule has 0 radical (unpaired) electrons. The predicted molar refractivity (Wildman–Crippen MR) is 86.3 cm³/mol. The van der Waals surface area contributed by atoms with Crippen LogP contribution in [0.2, 0.25) is 0 Å². The highest BCUT2D eigenvalue weighted by Gasteiger charge is 2.22. The van der Waals surface area contributed by atoms with E-state index in [1.165, 1.54) is 18.2 Å². The fourth-order valence-corrected chi connectivity index (χ4v) is 2.88. The van der Waals surface area contributed by atoms with Crippen LogP contribution in [-0.4, -0.2) is 11.8 Å². The van der Waals surface area contributed by atoms with Gasteiger partial charge < -0.3 is 4.42 Å². The van der Waals surface area contributed by atoms with Crippen LogP contribution in [0.15, 0.2) is 40.8 Å². The predicted octanol–water partition coefficient (Wildman–Crippen LogP) is 3.43. The molecule has 1 saturated carbocycles. The van der Waals surface area contributed by atoms with Crippen molar-refractivity contribution in [2.45, 2.75) is 32.1 Å². The fourth-order valence-electron chi connectivity index (χ4n) is 2.88. The van der Waals surface area contributed by atoms with Gasteiger partial charge in [0.2, 0.25) is 5.91 Å². The first-order valence-electron chi connectivity index (χ1n) is 8.09. The average molecular weight is 330 g/mol. The zero-order valence-electron chi connectivity index (χ0n) is 13.2. The monoisotopic (exact) mass is 330 g/mol. The Morgan fingerprint density at radius 3 is 2.38 bits per heavy atom. The Balaban J connectivity index is 1.57. The van der Waals surface area contributed by atoms with Crippen molar-refractivity contribution in [3.05, 3.63) is 48.0 Å². The molecular formula is C18H19FN2O3. The Labute approximate surface area is 139 Å². The SMILES string of the molecule is O=C(NNC(=O)C1CCCCC1)c1ccc(-c2ccc(F)cc2)o1. The number of halogens is 1. The van der Waals surface area contributed by atoms with E-state index in [0.717, 1.165) is 32.1 Å². The molecule has 1 aliphatic carbocycles. The number of hydrazine groups is 1. The van der Waals surface area contributed by atoms with E-state index >= 15 is 0 Å². The number of hydrogen-bond acceptors (Lipinski definition) is 3. The Kier molecular flexibility index (Phi) is 4.93. The second-order valence-corrected chi connectivity index (χ2v) is 5.95. The lowest BCUT2D eigenvalue weighted by Gasteiger charge is -2.20. The molecule has 0 unspecified atom stereocenters. The van der Waals surface area contributed by atoms with Crippen LogP contribution < -0.4 is 10.9 Å². The molecule has 126 valence electrons. The minimum absolute atomic E-state index is 0.0366. The van der Waals surface area contributed by atoms with Crippen LogP contribution in [0.3, 0.4) is 0 Å². The highest BCUT2D eigenvalue weighted by atomic mass is 19.1. The van der Waals surface area contributed by atoms with E-state index < -0.39 is 5.91 Å². The summed E-state index contributed by atoms with van der Waals surface area (Å²) in [5.41, 5.74) is 5.50. The van der Waals surface area contributed by atoms with Gasteiger partial charge in [-0.05, 0) is 49.2 Å². The summed E-state index contributed by atoms with van der Waals surface area (Å²) >= 11 is 0. The van der Waals surface area contributed by atoms with Crippen molar-refractivity contribution in [3.8, 4) is 11.3 Å². The van der Waals surface area contributed by atoms with Crippen molar-refractivity contribution in [1.82, 2.24) is 10.9 Å². The minimum atomic E-state index is -0.521. The summed E-state index contributed by atoms with van der Waals surface area (Å²) < 4.78 is 18.4. The Hall–Kier alpha value is -2.63. The maximum Gasteiger partial charge on any atom is 0.305 e. The number of carbonyl (C=O) groups excluding carboxylic acids is 2. The normalized spacial score (nSPS) is 15.0. The van der Waals surface area contributed by atoms with Gasteiger partial charge in [0, 0.05) is 11.5 Å². The third-order valence-corrected chi connectivity index (χ3v) is 4.23. The van der Waals surface area contributed by atoms with Crippen molar-refractivity contribution in [3.63, 3.8) is 0 Å². The van der Waals surface area contributed by atoms with E-state index in [1.807, 2.05) is 0 Å².